The van der Waals surface area contributed by atoms with E-state index in [0.717, 1.165) is 12.3 Å². The maximum absolute atomic E-state index is 4.45. The van der Waals surface area contributed by atoms with Gasteiger partial charge >= 0.3 is 0 Å². The van der Waals surface area contributed by atoms with Crippen LogP contribution in [-0.4, -0.2) is 12.3 Å². The van der Waals surface area contributed by atoms with Crippen molar-refractivity contribution in [3.8, 4) is 0 Å². The molecule has 1 aliphatic rings. The molecule has 1 rings (SSSR count). The number of allylic oxidation sites excluding steroid dienone is 3. The van der Waals surface area contributed by atoms with Crippen LogP contribution in [-0.2, 0) is 0 Å². The monoisotopic (exact) mass is 163 g/mol. The SMILES string of the molecule is CC1=C/C(C)=N\CC(C)/C=C\1C. The van der Waals surface area contributed by atoms with Crippen molar-refractivity contribution in [3.63, 3.8) is 0 Å². The molecule has 0 aromatic carbocycles. The molecule has 0 aromatic rings. The molecule has 0 aromatic heterocycles. The summed E-state index contributed by atoms with van der Waals surface area (Å²) >= 11 is 0. The average Bonchev–Trinajstić information content (AvgIpc) is 1.99. The first kappa shape index (κ1) is 9.24. The highest BCUT2D eigenvalue weighted by atomic mass is 14.7. The van der Waals surface area contributed by atoms with Crippen LogP contribution in [0.1, 0.15) is 27.7 Å². The van der Waals surface area contributed by atoms with Gasteiger partial charge in [0.1, 0.15) is 0 Å². The molecule has 0 fully saturated rings. The van der Waals surface area contributed by atoms with Crippen molar-refractivity contribution < 1.29 is 0 Å². The molecule has 1 unspecified atom stereocenters. The van der Waals surface area contributed by atoms with Crippen LogP contribution in [0.5, 0.6) is 0 Å². The van der Waals surface area contributed by atoms with Crippen LogP contribution in [0, 0.1) is 5.92 Å². The van der Waals surface area contributed by atoms with E-state index in [1.54, 1.807) is 0 Å². The molecular formula is C11H17N. The minimum absolute atomic E-state index is 0.573. The number of nitrogens with zero attached hydrogens (tertiary/aromatic N) is 1. The Labute approximate surface area is 74.9 Å². The highest BCUT2D eigenvalue weighted by Gasteiger charge is 2.03. The van der Waals surface area contributed by atoms with Crippen LogP contribution in [0.4, 0.5) is 0 Å². The Kier molecular flexibility index (Phi) is 2.85. The van der Waals surface area contributed by atoms with Crippen molar-refractivity contribution in [3.05, 3.63) is 23.3 Å². The molecule has 0 radical (unpaired) electrons. The molecule has 1 atom stereocenters. The molecule has 0 aliphatic carbocycles. The van der Waals surface area contributed by atoms with Crippen LogP contribution < -0.4 is 0 Å². The first-order chi connectivity index (χ1) is 5.59. The predicted octanol–water partition coefficient (Wildman–Crippen LogP) is 2.99. The quantitative estimate of drug-likeness (QED) is 0.520. The van der Waals surface area contributed by atoms with Crippen LogP contribution in [0.2, 0.25) is 0 Å². The highest BCUT2D eigenvalue weighted by Crippen LogP contribution is 2.14. The van der Waals surface area contributed by atoms with E-state index in [1.165, 1.54) is 11.1 Å². The molecule has 1 nitrogen and oxygen atoms in total. The summed E-state index contributed by atoms with van der Waals surface area (Å²) in [5, 5.41) is 0. The largest absolute Gasteiger partial charge is 0.289 e. The zero-order valence-electron chi connectivity index (χ0n) is 8.39. The van der Waals surface area contributed by atoms with Gasteiger partial charge in [-0.3, -0.25) is 4.99 Å². The molecular weight excluding hydrogens is 146 g/mol. The maximum Gasteiger partial charge on any atom is 0.0452 e. The van der Waals surface area contributed by atoms with Gasteiger partial charge in [-0.05, 0) is 38.3 Å². The third-order valence-electron chi connectivity index (χ3n) is 2.21. The fourth-order valence-corrected chi connectivity index (χ4v) is 1.37. The van der Waals surface area contributed by atoms with E-state index in [0.29, 0.717) is 5.92 Å². The second kappa shape index (κ2) is 3.70. The molecule has 12 heavy (non-hydrogen) atoms. The molecule has 66 valence electrons. The van der Waals surface area contributed by atoms with E-state index >= 15 is 0 Å². The van der Waals surface area contributed by atoms with Gasteiger partial charge in [-0.15, -0.1) is 0 Å². The molecule has 1 heterocycles. The minimum Gasteiger partial charge on any atom is -0.289 e. The number of hydrogen-bond acceptors (Lipinski definition) is 1. The Balaban J connectivity index is 2.98. The summed E-state index contributed by atoms with van der Waals surface area (Å²) in [6, 6.07) is 0. The van der Waals surface area contributed by atoms with E-state index < -0.39 is 0 Å². The second-order valence-corrected chi connectivity index (χ2v) is 3.64. The molecule has 0 amide bonds. The topological polar surface area (TPSA) is 12.4 Å². The molecule has 0 saturated heterocycles. The lowest BCUT2D eigenvalue weighted by Crippen LogP contribution is -2.03. The molecule has 1 aliphatic heterocycles. The number of hydrogen-bond donors (Lipinski definition) is 0. The molecule has 0 saturated carbocycles. The van der Waals surface area contributed by atoms with E-state index in [1.807, 2.05) is 0 Å². The van der Waals surface area contributed by atoms with E-state index in [2.05, 4.69) is 44.8 Å². The summed E-state index contributed by atoms with van der Waals surface area (Å²) in [6.07, 6.45) is 4.44. The summed E-state index contributed by atoms with van der Waals surface area (Å²) in [5.41, 5.74) is 3.87. The van der Waals surface area contributed by atoms with Crippen molar-refractivity contribution in [1.82, 2.24) is 0 Å². The van der Waals surface area contributed by atoms with E-state index in [-0.39, 0.29) is 0 Å². The normalized spacial score (nSPS) is 38.0. The summed E-state index contributed by atoms with van der Waals surface area (Å²) < 4.78 is 0. The van der Waals surface area contributed by atoms with Gasteiger partial charge in [0, 0.05) is 12.3 Å². The fraction of sp³-hybridized carbons (Fsp3) is 0.545. The maximum atomic E-state index is 4.45. The van der Waals surface area contributed by atoms with Gasteiger partial charge in [-0.25, -0.2) is 0 Å². The third kappa shape index (κ3) is 2.33. The fourth-order valence-electron chi connectivity index (χ4n) is 1.37. The van der Waals surface area contributed by atoms with E-state index in [4.69, 9.17) is 0 Å². The number of aliphatic imine (C=N–C) groups is 1. The molecule has 0 spiro atoms. The van der Waals surface area contributed by atoms with Gasteiger partial charge in [0.25, 0.3) is 0 Å². The van der Waals surface area contributed by atoms with Crippen LogP contribution in [0.15, 0.2) is 28.3 Å². The Hall–Kier alpha value is -0.850. The third-order valence-corrected chi connectivity index (χ3v) is 2.21. The summed E-state index contributed by atoms with van der Waals surface area (Å²) in [5.74, 6) is 0.573. The molecule has 0 N–H and O–H groups in total. The Bertz CT molecular complexity index is 256. The lowest BCUT2D eigenvalue weighted by molar-refractivity contribution is 0.734. The van der Waals surface area contributed by atoms with Gasteiger partial charge in [0.2, 0.25) is 0 Å². The van der Waals surface area contributed by atoms with Crippen molar-refractivity contribution >= 4 is 5.71 Å². The van der Waals surface area contributed by atoms with Gasteiger partial charge in [0.05, 0.1) is 0 Å². The van der Waals surface area contributed by atoms with Crippen molar-refractivity contribution in [2.45, 2.75) is 27.7 Å². The Morgan fingerprint density at radius 3 is 2.58 bits per heavy atom. The van der Waals surface area contributed by atoms with Crippen molar-refractivity contribution in [1.29, 1.82) is 0 Å². The van der Waals surface area contributed by atoms with Gasteiger partial charge in [-0.1, -0.05) is 18.6 Å². The standard InChI is InChI=1S/C11H17N/c1-8-5-9(2)10(3)6-11(4)12-7-8/h5-6,8H,7H2,1-4H3/b9-5-,10-6-,12-11-. The second-order valence-electron chi connectivity index (χ2n) is 3.64. The van der Waals surface area contributed by atoms with Crippen LogP contribution in [0.3, 0.4) is 0 Å². The molecule has 1 heteroatoms. The Morgan fingerprint density at radius 1 is 1.25 bits per heavy atom. The average molecular weight is 163 g/mol. The van der Waals surface area contributed by atoms with Crippen molar-refractivity contribution in [2.24, 2.45) is 10.9 Å². The lowest BCUT2D eigenvalue weighted by Gasteiger charge is -2.10. The van der Waals surface area contributed by atoms with Gasteiger partial charge in [0.15, 0.2) is 0 Å². The summed E-state index contributed by atoms with van der Waals surface area (Å²) in [4.78, 5) is 4.45. The van der Waals surface area contributed by atoms with Crippen molar-refractivity contribution in [2.75, 3.05) is 6.54 Å². The van der Waals surface area contributed by atoms with Crippen LogP contribution >= 0.6 is 0 Å². The smallest absolute Gasteiger partial charge is 0.0452 e. The molecule has 0 bridgehead atoms. The summed E-state index contributed by atoms with van der Waals surface area (Å²) in [7, 11) is 0. The minimum atomic E-state index is 0.573. The highest BCUT2D eigenvalue weighted by molar-refractivity contribution is 5.94. The number of rotatable bonds is 0. The lowest BCUT2D eigenvalue weighted by atomic mass is 10.0. The van der Waals surface area contributed by atoms with Gasteiger partial charge < -0.3 is 0 Å². The van der Waals surface area contributed by atoms with Crippen LogP contribution in [0.25, 0.3) is 0 Å². The first-order valence-electron chi connectivity index (χ1n) is 4.47. The predicted molar refractivity (Wildman–Crippen MR) is 54.7 cm³/mol. The zero-order chi connectivity index (χ0) is 9.14. The first-order valence-corrected chi connectivity index (χ1v) is 4.47. The van der Waals surface area contributed by atoms with E-state index in [9.17, 15) is 0 Å². The summed E-state index contributed by atoms with van der Waals surface area (Å²) in [6.45, 7) is 9.50. The van der Waals surface area contributed by atoms with Gasteiger partial charge in [-0.2, -0.15) is 0 Å². The zero-order valence-corrected chi connectivity index (χ0v) is 8.39. The Morgan fingerprint density at radius 2 is 1.92 bits per heavy atom.